The van der Waals surface area contributed by atoms with Crippen LogP contribution >= 0.6 is 34.5 Å². The van der Waals surface area contributed by atoms with Gasteiger partial charge in [0.1, 0.15) is 21.4 Å². The monoisotopic (exact) mass is 574 g/mol. The van der Waals surface area contributed by atoms with E-state index in [-0.39, 0.29) is 39.5 Å². The van der Waals surface area contributed by atoms with Crippen LogP contribution in [0.15, 0.2) is 53.2 Å². The number of rotatable bonds is 8. The summed E-state index contributed by atoms with van der Waals surface area (Å²) in [6, 6.07) is 10.7. The van der Waals surface area contributed by atoms with Gasteiger partial charge in [-0.1, -0.05) is 40.6 Å². The maximum Gasteiger partial charge on any atom is 0.350 e. The highest BCUT2D eigenvalue weighted by Crippen LogP contribution is 2.37. The number of methoxy groups -OCH3 is 1. The maximum absolute atomic E-state index is 13.2. The quantitative estimate of drug-likeness (QED) is 0.285. The summed E-state index contributed by atoms with van der Waals surface area (Å²) in [5, 5.41) is 5.66. The molecule has 3 aromatic rings. The number of benzene rings is 2. The zero-order chi connectivity index (χ0) is 27.6. The molecule has 2 N–H and O–H groups in total. The number of hydrogen-bond donors (Lipinski definition) is 2. The van der Waals surface area contributed by atoms with E-state index < -0.39 is 23.7 Å². The van der Waals surface area contributed by atoms with Crippen molar-refractivity contribution in [1.29, 1.82) is 0 Å². The summed E-state index contributed by atoms with van der Waals surface area (Å²) in [6.45, 7) is 3.56. The second kappa shape index (κ2) is 11.2. The molecule has 0 spiro atoms. The Hall–Kier alpha value is -3.93. The molecule has 0 saturated heterocycles. The van der Waals surface area contributed by atoms with Crippen molar-refractivity contribution in [2.45, 2.75) is 13.8 Å². The number of hydrogen-bond acceptors (Lipinski definition) is 9. The Morgan fingerprint density at radius 1 is 1.11 bits per heavy atom. The molecule has 0 atom stereocenters. The fraction of sp³-hybridized carbons (Fsp3) is 0.160. The molecule has 0 saturated carbocycles. The van der Waals surface area contributed by atoms with Gasteiger partial charge in [-0.2, -0.15) is 0 Å². The minimum absolute atomic E-state index is 0.138. The molecule has 38 heavy (non-hydrogen) atoms. The Balaban J connectivity index is 1.53. The number of thiazole rings is 1. The highest BCUT2D eigenvalue weighted by Gasteiger charge is 2.40. The lowest BCUT2D eigenvalue weighted by molar-refractivity contribution is -0.120. The topological polar surface area (TPSA) is 127 Å². The normalized spacial score (nSPS) is 13.1. The Morgan fingerprint density at radius 2 is 1.87 bits per heavy atom. The third-order valence-corrected chi connectivity index (χ3v) is 6.92. The second-order valence-electron chi connectivity index (χ2n) is 7.76. The van der Waals surface area contributed by atoms with Crippen molar-refractivity contribution in [3.05, 3.63) is 74.4 Å². The van der Waals surface area contributed by atoms with Crippen LogP contribution in [0.1, 0.15) is 32.6 Å². The summed E-state index contributed by atoms with van der Waals surface area (Å²) in [6.07, 6.45) is 0. The van der Waals surface area contributed by atoms with Crippen LogP contribution in [0.4, 0.5) is 16.5 Å². The lowest BCUT2D eigenvalue weighted by Gasteiger charge is -2.18. The lowest BCUT2D eigenvalue weighted by Crippen LogP contribution is -2.32. The molecule has 0 bridgehead atoms. The van der Waals surface area contributed by atoms with Crippen molar-refractivity contribution >= 4 is 74.7 Å². The molecular weight excluding hydrogens is 555 g/mol. The van der Waals surface area contributed by atoms with E-state index in [2.05, 4.69) is 15.6 Å². The average molecular weight is 575 g/mol. The van der Waals surface area contributed by atoms with Gasteiger partial charge in [-0.3, -0.25) is 19.7 Å². The second-order valence-corrected chi connectivity index (χ2v) is 9.58. The van der Waals surface area contributed by atoms with Crippen LogP contribution in [-0.2, 0) is 14.3 Å². The third-order valence-electron chi connectivity index (χ3n) is 5.28. The van der Waals surface area contributed by atoms with Crippen LogP contribution in [0, 0.1) is 6.92 Å². The Bertz CT molecular complexity index is 1500. The molecule has 0 aliphatic carbocycles. The molecule has 1 aliphatic rings. The van der Waals surface area contributed by atoms with Crippen LogP contribution in [-0.4, -0.2) is 42.4 Å². The predicted octanol–water partition coefficient (Wildman–Crippen LogP) is 4.98. The molecule has 1 aromatic heterocycles. The van der Waals surface area contributed by atoms with E-state index in [0.717, 1.165) is 16.2 Å². The van der Waals surface area contributed by atoms with Gasteiger partial charge in [0.05, 0.1) is 25.1 Å². The van der Waals surface area contributed by atoms with E-state index in [1.54, 1.807) is 38.1 Å². The van der Waals surface area contributed by atoms with Crippen molar-refractivity contribution in [2.24, 2.45) is 0 Å². The predicted molar refractivity (Wildman–Crippen MR) is 144 cm³/mol. The third kappa shape index (κ3) is 5.35. The first-order valence-corrected chi connectivity index (χ1v) is 12.7. The fourth-order valence-electron chi connectivity index (χ4n) is 3.56. The fourth-order valence-corrected chi connectivity index (χ4v) is 4.79. The van der Waals surface area contributed by atoms with Crippen LogP contribution in [0.25, 0.3) is 0 Å². The average Bonchev–Trinajstić information content (AvgIpc) is 3.35. The number of carbonyl (C=O) groups excluding carboxylic acids is 4. The SMILES string of the molecule is CCOC(=O)c1sc(NC(=O)c2cccc(NC3=C(Cl)C(=O)N(c4cc(Cl)ccc4OC)C3=O)c2)nc1C. The standard InChI is InChI=1S/C25H20Cl2N4O6S/c1-4-37-24(35)20-12(2)28-25(38-20)30-21(32)13-6-5-7-15(10-13)29-19-18(27)22(33)31(23(19)34)16-11-14(26)8-9-17(16)36-3/h5-11,29H,4H2,1-3H3,(H,28,30,32). The summed E-state index contributed by atoms with van der Waals surface area (Å²) >= 11 is 13.3. The molecule has 196 valence electrons. The number of carbonyl (C=O) groups is 4. The number of imide groups is 1. The first-order chi connectivity index (χ1) is 18.1. The highest BCUT2D eigenvalue weighted by atomic mass is 35.5. The van der Waals surface area contributed by atoms with Gasteiger partial charge in [0.2, 0.25) is 0 Å². The Morgan fingerprint density at radius 3 is 2.58 bits per heavy atom. The van der Waals surface area contributed by atoms with E-state index in [0.29, 0.717) is 21.3 Å². The van der Waals surface area contributed by atoms with Gasteiger partial charge in [0.15, 0.2) is 5.13 Å². The number of ether oxygens (including phenoxy) is 2. The molecule has 0 fully saturated rings. The largest absolute Gasteiger partial charge is 0.495 e. The summed E-state index contributed by atoms with van der Waals surface area (Å²) in [5.74, 6) is -2.24. The minimum Gasteiger partial charge on any atom is -0.495 e. The summed E-state index contributed by atoms with van der Waals surface area (Å²) in [5.41, 5.74) is 0.952. The van der Waals surface area contributed by atoms with Gasteiger partial charge in [-0.15, -0.1) is 0 Å². The first kappa shape index (κ1) is 27.1. The van der Waals surface area contributed by atoms with Crippen molar-refractivity contribution in [3.8, 4) is 5.75 Å². The number of nitrogens with one attached hydrogen (secondary N) is 2. The van der Waals surface area contributed by atoms with E-state index >= 15 is 0 Å². The molecule has 2 aromatic carbocycles. The summed E-state index contributed by atoms with van der Waals surface area (Å²) in [4.78, 5) is 56.3. The van der Waals surface area contributed by atoms with Gasteiger partial charge in [0, 0.05) is 16.3 Å². The number of nitrogens with zero attached hydrogens (tertiary/aromatic N) is 2. The summed E-state index contributed by atoms with van der Waals surface area (Å²) < 4.78 is 10.3. The van der Waals surface area contributed by atoms with Crippen molar-refractivity contribution < 1.29 is 28.7 Å². The number of anilines is 3. The van der Waals surface area contributed by atoms with Crippen LogP contribution in [0.5, 0.6) is 5.75 Å². The molecule has 0 unspecified atom stereocenters. The van der Waals surface area contributed by atoms with Crippen molar-refractivity contribution in [2.75, 3.05) is 29.3 Å². The Kier molecular flexibility index (Phi) is 8.00. The van der Waals surface area contributed by atoms with Crippen LogP contribution in [0.3, 0.4) is 0 Å². The van der Waals surface area contributed by atoms with Gasteiger partial charge in [-0.05, 0) is 50.2 Å². The van der Waals surface area contributed by atoms with Crippen LogP contribution < -0.4 is 20.3 Å². The van der Waals surface area contributed by atoms with E-state index in [4.69, 9.17) is 32.7 Å². The molecule has 13 heteroatoms. The first-order valence-electron chi connectivity index (χ1n) is 11.1. The molecule has 2 heterocycles. The molecule has 1 aliphatic heterocycles. The molecule has 3 amide bonds. The number of amides is 3. The maximum atomic E-state index is 13.2. The van der Waals surface area contributed by atoms with E-state index in [1.807, 2.05) is 0 Å². The summed E-state index contributed by atoms with van der Waals surface area (Å²) in [7, 11) is 1.40. The number of esters is 1. The smallest absolute Gasteiger partial charge is 0.350 e. The van der Waals surface area contributed by atoms with E-state index in [9.17, 15) is 19.2 Å². The van der Waals surface area contributed by atoms with Crippen molar-refractivity contribution in [3.63, 3.8) is 0 Å². The molecule has 4 rings (SSSR count). The van der Waals surface area contributed by atoms with Crippen molar-refractivity contribution in [1.82, 2.24) is 4.98 Å². The van der Waals surface area contributed by atoms with Gasteiger partial charge in [-0.25, -0.2) is 14.7 Å². The number of aromatic nitrogens is 1. The minimum atomic E-state index is -0.759. The Labute approximate surface area is 231 Å². The molecule has 0 radical (unpaired) electrons. The van der Waals surface area contributed by atoms with E-state index in [1.165, 1.54) is 25.3 Å². The van der Waals surface area contributed by atoms with Gasteiger partial charge < -0.3 is 14.8 Å². The number of halogens is 2. The lowest BCUT2D eigenvalue weighted by atomic mass is 10.2. The van der Waals surface area contributed by atoms with Crippen LogP contribution in [0.2, 0.25) is 5.02 Å². The van der Waals surface area contributed by atoms with Gasteiger partial charge >= 0.3 is 5.97 Å². The zero-order valence-corrected chi connectivity index (χ0v) is 22.6. The zero-order valence-electron chi connectivity index (χ0n) is 20.3. The highest BCUT2D eigenvalue weighted by molar-refractivity contribution is 7.17. The van der Waals surface area contributed by atoms with Gasteiger partial charge in [0.25, 0.3) is 17.7 Å². The molecule has 10 nitrogen and oxygen atoms in total. The number of aryl methyl sites for hydroxylation is 1. The molecular formula is C25H20Cl2N4O6S.